The number of benzene rings is 1. The van der Waals surface area contributed by atoms with Crippen LogP contribution in [-0.4, -0.2) is 33.3 Å². The van der Waals surface area contributed by atoms with Gasteiger partial charge in [-0.25, -0.2) is 4.79 Å². The molecule has 5 nitrogen and oxygen atoms in total. The highest BCUT2D eigenvalue weighted by molar-refractivity contribution is 5.71. The number of methoxy groups -OCH3 is 2. The minimum Gasteiger partial charge on any atom is -0.497 e. The van der Waals surface area contributed by atoms with Crippen LogP contribution in [0.5, 0.6) is 11.5 Å². The molecule has 0 aliphatic heterocycles. The number of carbonyl (C=O) groups excluding carboxylic acids is 1. The zero-order valence-corrected chi connectivity index (χ0v) is 11.9. The largest absolute Gasteiger partial charge is 0.497 e. The number of nitrogens with one attached hydrogen (secondary N) is 1. The van der Waals surface area contributed by atoms with E-state index in [-0.39, 0.29) is 12.6 Å². The molecular formula is C14H21NO4. The van der Waals surface area contributed by atoms with Gasteiger partial charge < -0.3 is 19.5 Å². The van der Waals surface area contributed by atoms with Crippen LogP contribution >= 0.6 is 0 Å². The van der Waals surface area contributed by atoms with Crippen molar-refractivity contribution in [2.75, 3.05) is 27.4 Å². The Kier molecular flexibility index (Phi) is 6.15. The number of hydrogen-bond donors (Lipinski definition) is 1. The average molecular weight is 267 g/mol. The maximum atomic E-state index is 11.2. The van der Waals surface area contributed by atoms with Crippen molar-refractivity contribution in [3.63, 3.8) is 0 Å². The minimum absolute atomic E-state index is 0.116. The number of hydrogen-bond acceptors (Lipinski definition) is 5. The normalized spacial score (nSPS) is 11.8. The third kappa shape index (κ3) is 4.44. The SMILES string of the molecule is CCNC(C)c1ccc(OC)cc1OCC(=O)OC. The van der Waals surface area contributed by atoms with Gasteiger partial charge in [-0.05, 0) is 19.5 Å². The number of esters is 1. The third-order valence-corrected chi connectivity index (χ3v) is 2.77. The number of rotatable bonds is 7. The fraction of sp³-hybridized carbons (Fsp3) is 0.500. The first-order chi connectivity index (χ1) is 9.12. The van der Waals surface area contributed by atoms with Gasteiger partial charge in [0.1, 0.15) is 11.5 Å². The van der Waals surface area contributed by atoms with Crippen molar-refractivity contribution in [1.29, 1.82) is 0 Å². The fourth-order valence-corrected chi connectivity index (χ4v) is 1.74. The van der Waals surface area contributed by atoms with E-state index in [0.717, 1.165) is 12.1 Å². The van der Waals surface area contributed by atoms with Gasteiger partial charge in [-0.1, -0.05) is 13.0 Å². The topological polar surface area (TPSA) is 56.8 Å². The molecule has 0 saturated heterocycles. The Hall–Kier alpha value is -1.75. The van der Waals surface area contributed by atoms with Crippen LogP contribution in [0.3, 0.4) is 0 Å². The van der Waals surface area contributed by atoms with Gasteiger partial charge in [0.2, 0.25) is 0 Å². The first-order valence-corrected chi connectivity index (χ1v) is 6.23. The summed E-state index contributed by atoms with van der Waals surface area (Å²) in [7, 11) is 2.92. The summed E-state index contributed by atoms with van der Waals surface area (Å²) in [6, 6.07) is 5.70. The first kappa shape index (κ1) is 15.3. The molecule has 106 valence electrons. The van der Waals surface area contributed by atoms with Crippen molar-refractivity contribution >= 4 is 5.97 Å². The summed E-state index contributed by atoms with van der Waals surface area (Å²) in [5.74, 6) is 0.899. The predicted octanol–water partition coefficient (Wildman–Crippen LogP) is 1.92. The van der Waals surface area contributed by atoms with Crippen LogP contribution in [0.25, 0.3) is 0 Å². The zero-order chi connectivity index (χ0) is 14.3. The molecule has 1 N–H and O–H groups in total. The summed E-state index contributed by atoms with van der Waals surface area (Å²) < 4.78 is 15.2. The minimum atomic E-state index is -0.412. The summed E-state index contributed by atoms with van der Waals surface area (Å²) in [6.07, 6.45) is 0. The number of ether oxygens (including phenoxy) is 3. The third-order valence-electron chi connectivity index (χ3n) is 2.77. The fourth-order valence-electron chi connectivity index (χ4n) is 1.74. The molecule has 1 aromatic rings. The summed E-state index contributed by atoms with van der Waals surface area (Å²) in [4.78, 5) is 11.2. The lowest BCUT2D eigenvalue weighted by atomic mass is 10.1. The molecule has 0 spiro atoms. The second-order valence-electron chi connectivity index (χ2n) is 4.05. The molecule has 5 heteroatoms. The molecule has 0 aromatic heterocycles. The van der Waals surface area contributed by atoms with E-state index in [1.165, 1.54) is 7.11 Å². The molecule has 0 heterocycles. The van der Waals surface area contributed by atoms with E-state index in [2.05, 4.69) is 10.1 Å². The highest BCUT2D eigenvalue weighted by Crippen LogP contribution is 2.29. The summed E-state index contributed by atoms with van der Waals surface area (Å²) in [5.41, 5.74) is 0.978. The number of carbonyl (C=O) groups is 1. The Labute approximate surface area is 113 Å². The zero-order valence-electron chi connectivity index (χ0n) is 11.9. The monoisotopic (exact) mass is 267 g/mol. The van der Waals surface area contributed by atoms with Crippen molar-refractivity contribution in [3.05, 3.63) is 23.8 Å². The molecule has 0 amide bonds. The van der Waals surface area contributed by atoms with Crippen LogP contribution in [-0.2, 0) is 9.53 Å². The van der Waals surface area contributed by atoms with Gasteiger partial charge in [0.25, 0.3) is 0 Å². The molecule has 19 heavy (non-hydrogen) atoms. The molecular weight excluding hydrogens is 246 g/mol. The lowest BCUT2D eigenvalue weighted by Crippen LogP contribution is -2.20. The Balaban J connectivity index is 2.91. The van der Waals surface area contributed by atoms with Gasteiger partial charge in [0.15, 0.2) is 6.61 Å². The lowest BCUT2D eigenvalue weighted by molar-refractivity contribution is -0.142. The van der Waals surface area contributed by atoms with Crippen LogP contribution < -0.4 is 14.8 Å². The molecule has 1 atom stereocenters. The van der Waals surface area contributed by atoms with Crippen LogP contribution in [0.2, 0.25) is 0 Å². The highest BCUT2D eigenvalue weighted by atomic mass is 16.6. The van der Waals surface area contributed by atoms with Crippen molar-refractivity contribution < 1.29 is 19.0 Å². The van der Waals surface area contributed by atoms with E-state index in [1.54, 1.807) is 13.2 Å². The van der Waals surface area contributed by atoms with E-state index in [0.29, 0.717) is 11.5 Å². The average Bonchev–Trinajstić information content (AvgIpc) is 2.44. The summed E-state index contributed by atoms with van der Waals surface area (Å²) >= 11 is 0. The molecule has 0 radical (unpaired) electrons. The van der Waals surface area contributed by atoms with Crippen LogP contribution in [0.15, 0.2) is 18.2 Å². The quantitative estimate of drug-likeness (QED) is 0.765. The van der Waals surface area contributed by atoms with E-state index in [1.807, 2.05) is 26.0 Å². The maximum Gasteiger partial charge on any atom is 0.343 e. The van der Waals surface area contributed by atoms with Gasteiger partial charge in [-0.2, -0.15) is 0 Å². The Morgan fingerprint density at radius 3 is 2.68 bits per heavy atom. The van der Waals surface area contributed by atoms with E-state index in [4.69, 9.17) is 9.47 Å². The second kappa shape index (κ2) is 7.63. The van der Waals surface area contributed by atoms with E-state index >= 15 is 0 Å². The molecule has 1 aromatic carbocycles. The highest BCUT2D eigenvalue weighted by Gasteiger charge is 2.13. The van der Waals surface area contributed by atoms with Crippen LogP contribution in [0, 0.1) is 0 Å². The Morgan fingerprint density at radius 1 is 1.37 bits per heavy atom. The molecule has 0 aliphatic carbocycles. The smallest absolute Gasteiger partial charge is 0.343 e. The Bertz CT molecular complexity index is 420. The van der Waals surface area contributed by atoms with Gasteiger partial charge in [0, 0.05) is 17.7 Å². The van der Waals surface area contributed by atoms with Crippen molar-refractivity contribution in [1.82, 2.24) is 5.32 Å². The predicted molar refractivity (Wildman–Crippen MR) is 72.6 cm³/mol. The summed E-state index contributed by atoms with van der Waals surface area (Å²) in [6.45, 7) is 4.81. The van der Waals surface area contributed by atoms with E-state index < -0.39 is 5.97 Å². The molecule has 0 bridgehead atoms. The van der Waals surface area contributed by atoms with E-state index in [9.17, 15) is 4.79 Å². The van der Waals surface area contributed by atoms with Gasteiger partial charge in [-0.15, -0.1) is 0 Å². The lowest BCUT2D eigenvalue weighted by Gasteiger charge is -2.18. The van der Waals surface area contributed by atoms with Crippen molar-refractivity contribution in [2.24, 2.45) is 0 Å². The summed E-state index contributed by atoms with van der Waals surface area (Å²) in [5, 5.41) is 3.30. The van der Waals surface area contributed by atoms with Gasteiger partial charge in [0.05, 0.1) is 14.2 Å². The standard InChI is InChI=1S/C14H21NO4/c1-5-15-10(2)12-7-6-11(17-3)8-13(12)19-9-14(16)18-4/h6-8,10,15H,5,9H2,1-4H3. The van der Waals surface area contributed by atoms with Crippen LogP contribution in [0.1, 0.15) is 25.5 Å². The molecule has 1 unspecified atom stereocenters. The molecule has 1 rings (SSSR count). The van der Waals surface area contributed by atoms with Crippen LogP contribution in [0.4, 0.5) is 0 Å². The van der Waals surface area contributed by atoms with Gasteiger partial charge in [-0.3, -0.25) is 0 Å². The molecule has 0 aliphatic rings. The van der Waals surface area contributed by atoms with Crippen molar-refractivity contribution in [2.45, 2.75) is 19.9 Å². The maximum absolute atomic E-state index is 11.2. The first-order valence-electron chi connectivity index (χ1n) is 6.23. The van der Waals surface area contributed by atoms with Gasteiger partial charge >= 0.3 is 5.97 Å². The molecule has 0 saturated carbocycles. The van der Waals surface area contributed by atoms with Crippen molar-refractivity contribution in [3.8, 4) is 11.5 Å². The second-order valence-corrected chi connectivity index (χ2v) is 4.05. The molecule has 0 fully saturated rings. The Morgan fingerprint density at radius 2 is 2.11 bits per heavy atom.